The van der Waals surface area contributed by atoms with Gasteiger partial charge in [0.1, 0.15) is 0 Å². The van der Waals surface area contributed by atoms with E-state index in [2.05, 4.69) is 12.2 Å². The number of hydrogen-bond donors (Lipinski definition) is 2. The lowest BCUT2D eigenvalue weighted by Gasteiger charge is -2.07. The summed E-state index contributed by atoms with van der Waals surface area (Å²) < 4.78 is 0. The minimum atomic E-state index is -0.0230. The number of carbonyl (C=O) groups excluding carboxylic acids is 1. The highest BCUT2D eigenvalue weighted by Gasteiger charge is 2.05. The van der Waals surface area contributed by atoms with Crippen LogP contribution in [0.3, 0.4) is 0 Å². The molecule has 2 aromatic carbocycles. The molecule has 124 valence electrons. The molecule has 0 atom stereocenters. The number of nitrogen functional groups attached to an aromatic ring is 1. The molecule has 23 heavy (non-hydrogen) atoms. The van der Waals surface area contributed by atoms with E-state index < -0.39 is 0 Å². The largest absolute Gasteiger partial charge is 0.399 e. The molecule has 0 saturated heterocycles. The second kappa shape index (κ2) is 10.2. The lowest BCUT2D eigenvalue weighted by Crippen LogP contribution is -2.25. The third kappa shape index (κ3) is 6.55. The van der Waals surface area contributed by atoms with Crippen molar-refractivity contribution in [2.24, 2.45) is 0 Å². The number of nitrogens with one attached hydrogen (secondary N) is 1. The monoisotopic (exact) mass is 350 g/mol. The van der Waals surface area contributed by atoms with Gasteiger partial charge in [0.25, 0.3) is 5.91 Å². The minimum Gasteiger partial charge on any atom is -0.399 e. The van der Waals surface area contributed by atoms with Gasteiger partial charge >= 0.3 is 0 Å². The second-order valence-electron chi connectivity index (χ2n) is 5.08. The van der Waals surface area contributed by atoms with Crippen molar-refractivity contribution in [1.29, 1.82) is 0 Å². The molecule has 0 aliphatic rings. The van der Waals surface area contributed by atoms with Crippen LogP contribution < -0.4 is 11.1 Å². The van der Waals surface area contributed by atoms with Crippen molar-refractivity contribution in [3.8, 4) is 0 Å². The van der Waals surface area contributed by atoms with Crippen LogP contribution in [0.15, 0.2) is 48.5 Å². The summed E-state index contributed by atoms with van der Waals surface area (Å²) in [4.78, 5) is 12.1. The normalized spacial score (nSPS) is 9.96. The van der Waals surface area contributed by atoms with Crippen LogP contribution in [0.1, 0.15) is 28.4 Å². The fourth-order valence-electron chi connectivity index (χ4n) is 2.08. The Hall–Kier alpha value is -1.65. The zero-order chi connectivity index (χ0) is 15.8. The van der Waals surface area contributed by atoms with Gasteiger partial charge in [-0.05, 0) is 47.6 Å². The van der Waals surface area contributed by atoms with E-state index in [9.17, 15) is 4.79 Å². The number of carbonyl (C=O) groups is 1. The number of benzene rings is 2. The first-order valence-corrected chi connectivity index (χ1v) is 8.64. The molecule has 0 spiro atoms. The topological polar surface area (TPSA) is 55.1 Å². The summed E-state index contributed by atoms with van der Waals surface area (Å²) in [5, 5.41) is 2.95. The average molecular weight is 351 g/mol. The van der Waals surface area contributed by atoms with Crippen LogP contribution in [0.25, 0.3) is 0 Å². The van der Waals surface area contributed by atoms with Crippen molar-refractivity contribution < 1.29 is 4.79 Å². The Balaban J connectivity index is 0.00000264. The molecule has 1 amide bonds. The van der Waals surface area contributed by atoms with E-state index in [1.54, 1.807) is 0 Å². The Kier molecular flexibility index (Phi) is 8.59. The van der Waals surface area contributed by atoms with Crippen LogP contribution in [0.5, 0.6) is 0 Å². The second-order valence-corrected chi connectivity index (χ2v) is 6.36. The number of rotatable bonds is 7. The molecule has 0 fully saturated rings. The zero-order valence-electron chi connectivity index (χ0n) is 13.2. The molecule has 0 aromatic heterocycles. The predicted octanol–water partition coefficient (Wildman–Crippen LogP) is 3.92. The van der Waals surface area contributed by atoms with Crippen LogP contribution in [0.4, 0.5) is 5.69 Å². The molecule has 2 aromatic rings. The number of hydrogen-bond acceptors (Lipinski definition) is 3. The summed E-state index contributed by atoms with van der Waals surface area (Å²) in [7, 11) is 0. The molecule has 0 bridgehead atoms. The van der Waals surface area contributed by atoms with Crippen LogP contribution in [-0.4, -0.2) is 18.2 Å². The number of nitrogens with two attached hydrogens (primary N) is 1. The van der Waals surface area contributed by atoms with E-state index in [1.165, 1.54) is 11.1 Å². The number of anilines is 1. The summed E-state index contributed by atoms with van der Waals surface area (Å²) in [5.41, 5.74) is 9.54. The molecule has 3 N–H and O–H groups in total. The van der Waals surface area contributed by atoms with Crippen molar-refractivity contribution in [1.82, 2.24) is 5.32 Å². The fourth-order valence-corrected chi connectivity index (χ4v) is 2.71. The van der Waals surface area contributed by atoms with Gasteiger partial charge in [0.2, 0.25) is 0 Å². The van der Waals surface area contributed by atoms with Gasteiger partial charge in [0.05, 0.1) is 0 Å². The van der Waals surface area contributed by atoms with E-state index >= 15 is 0 Å². The van der Waals surface area contributed by atoms with Gasteiger partial charge in [-0.2, -0.15) is 11.8 Å². The summed E-state index contributed by atoms with van der Waals surface area (Å²) in [6, 6.07) is 15.6. The molecule has 3 nitrogen and oxygen atoms in total. The van der Waals surface area contributed by atoms with Gasteiger partial charge in [0, 0.05) is 23.5 Å². The van der Waals surface area contributed by atoms with Crippen LogP contribution in [0.2, 0.25) is 0 Å². The Labute approximate surface area is 148 Å². The first kappa shape index (κ1) is 19.4. The number of amides is 1. The van der Waals surface area contributed by atoms with Gasteiger partial charge in [-0.3, -0.25) is 4.79 Å². The summed E-state index contributed by atoms with van der Waals surface area (Å²) in [6.45, 7) is 2.77. The Morgan fingerprint density at radius 1 is 1.04 bits per heavy atom. The predicted molar refractivity (Wildman–Crippen MR) is 102 cm³/mol. The van der Waals surface area contributed by atoms with Gasteiger partial charge in [0.15, 0.2) is 0 Å². The third-order valence-electron chi connectivity index (χ3n) is 3.37. The Morgan fingerprint density at radius 3 is 2.26 bits per heavy atom. The van der Waals surface area contributed by atoms with E-state index in [1.807, 2.05) is 60.3 Å². The number of halogens is 1. The fraction of sp³-hybridized carbons (Fsp3) is 0.278. The summed E-state index contributed by atoms with van der Waals surface area (Å²) >= 11 is 1.88. The van der Waals surface area contributed by atoms with E-state index in [0.29, 0.717) is 12.1 Å². The molecule has 0 aliphatic heterocycles. The van der Waals surface area contributed by atoms with Gasteiger partial charge in [-0.15, -0.1) is 12.4 Å². The van der Waals surface area contributed by atoms with Crippen molar-refractivity contribution in [2.45, 2.75) is 19.1 Å². The molecule has 0 unspecified atom stereocenters. The van der Waals surface area contributed by atoms with Crippen LogP contribution >= 0.6 is 24.2 Å². The van der Waals surface area contributed by atoms with E-state index in [-0.39, 0.29) is 18.3 Å². The smallest absolute Gasteiger partial charge is 0.251 e. The average Bonchev–Trinajstić information content (AvgIpc) is 2.55. The van der Waals surface area contributed by atoms with Gasteiger partial charge in [-0.25, -0.2) is 0 Å². The van der Waals surface area contributed by atoms with Crippen molar-refractivity contribution in [2.75, 3.05) is 18.0 Å². The molecule has 0 radical (unpaired) electrons. The highest BCUT2D eigenvalue weighted by Crippen LogP contribution is 2.12. The minimum absolute atomic E-state index is 0. The highest BCUT2D eigenvalue weighted by atomic mass is 35.5. The van der Waals surface area contributed by atoms with E-state index in [0.717, 1.165) is 23.6 Å². The van der Waals surface area contributed by atoms with Crippen molar-refractivity contribution in [3.05, 3.63) is 65.2 Å². The molecule has 0 saturated carbocycles. The van der Waals surface area contributed by atoms with Gasteiger partial charge < -0.3 is 11.1 Å². The Bertz CT molecular complexity index is 599. The SMILES string of the molecule is CCSCc1ccc(C(=O)NCCc2ccc(N)cc2)cc1.Cl. The molecule has 5 heteroatoms. The summed E-state index contributed by atoms with van der Waals surface area (Å²) in [6.07, 6.45) is 0.803. The lowest BCUT2D eigenvalue weighted by molar-refractivity contribution is 0.0954. The van der Waals surface area contributed by atoms with Gasteiger partial charge in [-0.1, -0.05) is 31.2 Å². The maximum Gasteiger partial charge on any atom is 0.251 e. The third-order valence-corrected chi connectivity index (χ3v) is 4.31. The maximum absolute atomic E-state index is 12.1. The standard InChI is InChI=1S/C18H22N2OS.ClH/c1-2-22-13-15-3-7-16(8-4-15)18(21)20-12-11-14-5-9-17(19)10-6-14;/h3-10H,2,11-13,19H2,1H3,(H,20,21);1H. The number of thioether (sulfide) groups is 1. The molecule has 2 rings (SSSR count). The van der Waals surface area contributed by atoms with E-state index in [4.69, 9.17) is 5.73 Å². The van der Waals surface area contributed by atoms with Crippen LogP contribution in [0, 0.1) is 0 Å². The Morgan fingerprint density at radius 2 is 1.65 bits per heavy atom. The van der Waals surface area contributed by atoms with Crippen molar-refractivity contribution >= 4 is 35.8 Å². The zero-order valence-corrected chi connectivity index (χ0v) is 14.9. The molecule has 0 heterocycles. The quantitative estimate of drug-likeness (QED) is 0.744. The first-order valence-electron chi connectivity index (χ1n) is 7.48. The first-order chi connectivity index (χ1) is 10.7. The highest BCUT2D eigenvalue weighted by molar-refractivity contribution is 7.98. The maximum atomic E-state index is 12.1. The molecular weight excluding hydrogens is 328 g/mol. The van der Waals surface area contributed by atoms with Crippen LogP contribution in [-0.2, 0) is 12.2 Å². The van der Waals surface area contributed by atoms with Crippen molar-refractivity contribution in [3.63, 3.8) is 0 Å². The molecular formula is C18H23ClN2OS. The molecule has 0 aliphatic carbocycles. The lowest BCUT2D eigenvalue weighted by atomic mass is 10.1. The summed E-state index contributed by atoms with van der Waals surface area (Å²) in [5.74, 6) is 2.08.